The maximum Gasteiger partial charge on any atom is 0.0781 e. The van der Waals surface area contributed by atoms with Crippen molar-refractivity contribution < 1.29 is 0 Å². The first-order valence-corrected chi connectivity index (χ1v) is 10.8. The molecule has 1 nitrogen and oxygen atoms in total. The summed E-state index contributed by atoms with van der Waals surface area (Å²) in [6.45, 7) is 14.0. The van der Waals surface area contributed by atoms with Gasteiger partial charge in [0.15, 0.2) is 0 Å². The second-order valence-electron chi connectivity index (χ2n) is 7.48. The highest BCUT2D eigenvalue weighted by Gasteiger charge is 2.27. The summed E-state index contributed by atoms with van der Waals surface area (Å²) in [7, 11) is -1.39. The molecule has 1 aromatic heterocycles. The van der Waals surface area contributed by atoms with Crippen LogP contribution in [0.1, 0.15) is 26.3 Å². The molecule has 0 unspecified atom stereocenters. The molecule has 2 heteroatoms. The fourth-order valence-electron chi connectivity index (χ4n) is 2.44. The minimum Gasteiger partial charge on any atom is -0.256 e. The van der Waals surface area contributed by atoms with Gasteiger partial charge in [0.25, 0.3) is 0 Å². The Hall–Kier alpha value is -1.41. The van der Waals surface area contributed by atoms with Gasteiger partial charge in [-0.2, -0.15) is 0 Å². The van der Waals surface area contributed by atoms with Gasteiger partial charge in [0.05, 0.1) is 13.8 Å². The molecule has 0 saturated carbocycles. The molecule has 0 N–H and O–H groups in total. The van der Waals surface area contributed by atoms with E-state index in [-0.39, 0.29) is 5.41 Å². The largest absolute Gasteiger partial charge is 0.256 e. The van der Waals surface area contributed by atoms with Crippen LogP contribution in [0.2, 0.25) is 19.6 Å². The van der Waals surface area contributed by atoms with E-state index < -0.39 is 8.07 Å². The lowest BCUT2D eigenvalue weighted by Gasteiger charge is -2.29. The maximum atomic E-state index is 4.71. The first-order valence-electron chi connectivity index (χ1n) is 7.26. The highest BCUT2D eigenvalue weighted by Crippen LogP contribution is 2.25. The Morgan fingerprint density at radius 3 is 2.05 bits per heavy atom. The monoisotopic (exact) mass is 283 g/mol. The number of hydrogen-bond donors (Lipinski definition) is 0. The van der Waals surface area contributed by atoms with Crippen molar-refractivity contribution in [1.29, 1.82) is 0 Å². The highest BCUT2D eigenvalue weighted by molar-refractivity contribution is 6.89. The van der Waals surface area contributed by atoms with Crippen molar-refractivity contribution in [3.63, 3.8) is 0 Å². The Morgan fingerprint density at radius 1 is 0.950 bits per heavy atom. The number of benzene rings is 1. The third-order valence-electron chi connectivity index (χ3n) is 3.59. The van der Waals surface area contributed by atoms with Crippen molar-refractivity contribution >= 4 is 13.3 Å². The van der Waals surface area contributed by atoms with Crippen LogP contribution in [0.25, 0.3) is 11.3 Å². The molecular weight excluding hydrogens is 258 g/mol. The maximum absolute atomic E-state index is 4.71. The molecule has 0 spiro atoms. The molecule has 2 aromatic rings. The van der Waals surface area contributed by atoms with E-state index in [1.54, 1.807) is 0 Å². The van der Waals surface area contributed by atoms with E-state index in [0.29, 0.717) is 0 Å². The lowest BCUT2D eigenvalue weighted by Crippen LogP contribution is -2.43. The molecule has 2 rings (SSSR count). The third kappa shape index (κ3) is 3.18. The predicted octanol–water partition coefficient (Wildman–Crippen LogP) is 4.59. The minimum absolute atomic E-state index is 0.151. The summed E-state index contributed by atoms with van der Waals surface area (Å²) in [5, 5.41) is 1.53. The van der Waals surface area contributed by atoms with Crippen LogP contribution >= 0.6 is 0 Å². The summed E-state index contributed by atoms with van der Waals surface area (Å²) in [6.07, 6.45) is 2.09. The Bertz CT molecular complexity index is 589. The molecule has 0 radical (unpaired) electrons. The van der Waals surface area contributed by atoms with Crippen molar-refractivity contribution in [2.75, 3.05) is 0 Å². The zero-order chi connectivity index (χ0) is 15.0. The molecule has 0 atom stereocenters. The quantitative estimate of drug-likeness (QED) is 0.735. The van der Waals surface area contributed by atoms with Crippen LogP contribution in [-0.4, -0.2) is 13.1 Å². The molecule has 106 valence electrons. The normalized spacial score (nSPS) is 12.5. The van der Waals surface area contributed by atoms with Gasteiger partial charge in [0.1, 0.15) is 0 Å². The van der Waals surface area contributed by atoms with Gasteiger partial charge in [-0.3, -0.25) is 4.98 Å². The van der Waals surface area contributed by atoms with Gasteiger partial charge >= 0.3 is 0 Å². The predicted molar refractivity (Wildman–Crippen MR) is 91.4 cm³/mol. The summed E-state index contributed by atoms with van der Waals surface area (Å²) in [4.78, 5) is 4.71. The molecule has 0 bridgehead atoms. The molecule has 0 fully saturated rings. The van der Waals surface area contributed by atoms with Crippen molar-refractivity contribution in [2.45, 2.75) is 45.8 Å². The van der Waals surface area contributed by atoms with E-state index in [0.717, 1.165) is 5.69 Å². The van der Waals surface area contributed by atoms with Crippen LogP contribution in [0.3, 0.4) is 0 Å². The second kappa shape index (κ2) is 5.17. The van der Waals surface area contributed by atoms with E-state index in [2.05, 4.69) is 76.9 Å². The van der Waals surface area contributed by atoms with Gasteiger partial charge in [0, 0.05) is 11.8 Å². The first-order chi connectivity index (χ1) is 9.19. The summed E-state index contributed by atoms with van der Waals surface area (Å²) in [5.74, 6) is 0. The Morgan fingerprint density at radius 2 is 1.55 bits per heavy atom. The number of rotatable bonds is 2. The number of nitrogens with zero attached hydrogens (tertiary/aromatic N) is 1. The zero-order valence-corrected chi connectivity index (χ0v) is 14.5. The lowest BCUT2D eigenvalue weighted by molar-refractivity contribution is 0.591. The number of pyridine rings is 1. The average Bonchev–Trinajstić information content (AvgIpc) is 2.37. The van der Waals surface area contributed by atoms with Crippen LogP contribution in [0.4, 0.5) is 0 Å². The number of hydrogen-bond acceptors (Lipinski definition) is 1. The molecule has 1 heterocycles. The van der Waals surface area contributed by atoms with Crippen molar-refractivity contribution in [1.82, 2.24) is 4.98 Å². The van der Waals surface area contributed by atoms with Gasteiger partial charge in [-0.1, -0.05) is 75.9 Å². The number of aromatic nitrogens is 1. The van der Waals surface area contributed by atoms with Crippen LogP contribution in [-0.2, 0) is 5.41 Å². The highest BCUT2D eigenvalue weighted by atomic mass is 28.3. The molecular formula is C18H25NSi. The molecule has 0 amide bonds. The lowest BCUT2D eigenvalue weighted by atomic mass is 9.88. The topological polar surface area (TPSA) is 12.9 Å². The standard InChI is InChI=1S/C18H25NSi/c1-18(2,3)15-13-19-16(12-17(15)20(4,5)6)14-10-8-7-9-11-14/h7-13H,1-6H3. The molecule has 0 aliphatic heterocycles. The summed E-state index contributed by atoms with van der Waals surface area (Å²) in [5.41, 5.74) is 3.84. The fraction of sp³-hybridized carbons (Fsp3) is 0.389. The van der Waals surface area contributed by atoms with Crippen LogP contribution in [0, 0.1) is 0 Å². The van der Waals surface area contributed by atoms with Crippen LogP contribution in [0.5, 0.6) is 0 Å². The zero-order valence-electron chi connectivity index (χ0n) is 13.5. The minimum atomic E-state index is -1.39. The van der Waals surface area contributed by atoms with E-state index in [1.165, 1.54) is 16.3 Å². The van der Waals surface area contributed by atoms with Crippen molar-refractivity contribution in [2.24, 2.45) is 0 Å². The van der Waals surface area contributed by atoms with Gasteiger partial charge in [-0.15, -0.1) is 0 Å². The van der Waals surface area contributed by atoms with Gasteiger partial charge in [0.2, 0.25) is 0 Å². The fourth-order valence-corrected chi connectivity index (χ4v) is 4.26. The third-order valence-corrected chi connectivity index (χ3v) is 5.62. The Labute approximate surface area is 124 Å². The summed E-state index contributed by atoms with van der Waals surface area (Å²) < 4.78 is 0. The average molecular weight is 283 g/mol. The van der Waals surface area contributed by atoms with Gasteiger partial charge < -0.3 is 0 Å². The molecule has 1 aromatic carbocycles. The van der Waals surface area contributed by atoms with Crippen LogP contribution < -0.4 is 5.19 Å². The first kappa shape index (κ1) is 15.0. The molecule has 0 aliphatic carbocycles. The van der Waals surface area contributed by atoms with E-state index in [4.69, 9.17) is 4.98 Å². The van der Waals surface area contributed by atoms with Crippen LogP contribution in [0.15, 0.2) is 42.6 Å². The van der Waals surface area contributed by atoms with E-state index in [1.807, 2.05) is 6.07 Å². The van der Waals surface area contributed by atoms with Crippen molar-refractivity contribution in [3.05, 3.63) is 48.2 Å². The Kier molecular flexibility index (Phi) is 3.87. The van der Waals surface area contributed by atoms with Gasteiger partial charge in [-0.25, -0.2) is 0 Å². The van der Waals surface area contributed by atoms with E-state index >= 15 is 0 Å². The smallest absolute Gasteiger partial charge is 0.0781 e. The summed E-state index contributed by atoms with van der Waals surface area (Å²) in [6, 6.07) is 12.8. The van der Waals surface area contributed by atoms with E-state index in [9.17, 15) is 0 Å². The van der Waals surface area contributed by atoms with Gasteiger partial charge in [-0.05, 0) is 17.0 Å². The molecule has 20 heavy (non-hydrogen) atoms. The molecule has 0 aliphatic rings. The SMILES string of the molecule is CC(C)(C)c1cnc(-c2ccccc2)cc1[Si](C)(C)C. The molecule has 0 saturated heterocycles. The summed E-state index contributed by atoms with van der Waals surface area (Å²) >= 11 is 0. The second-order valence-corrected chi connectivity index (χ2v) is 12.5. The Balaban J connectivity index is 2.62. The van der Waals surface area contributed by atoms with Crippen molar-refractivity contribution in [3.8, 4) is 11.3 Å².